The lowest BCUT2D eigenvalue weighted by Gasteiger charge is -2.48. The van der Waals surface area contributed by atoms with Gasteiger partial charge in [-0.25, -0.2) is 0 Å². The maximum Gasteiger partial charge on any atom is 0.259 e. The molecule has 0 unspecified atom stereocenters. The number of morpholine rings is 1. The summed E-state index contributed by atoms with van der Waals surface area (Å²) < 4.78 is 6.28. The normalized spacial score (nSPS) is 26.4. The number of para-hydroxylation sites is 1. The molecule has 0 radical (unpaired) electrons. The molecule has 2 spiro atoms. The monoisotopic (exact) mass is 285 g/mol. The fraction of sp³-hybridized carbons (Fsp3) is 0.529. The standard InChI is InChI=1S/C17H19NO3/c19-14-6-8-16(9-7-14)12-18(13-4-2-1-3-5-13)15(20)17(21-16)10-11-17/h1-5H,6-12H2. The summed E-state index contributed by atoms with van der Waals surface area (Å²) in [6.07, 6.45) is 4.25. The molecule has 0 aromatic heterocycles. The number of carbonyl (C=O) groups is 2. The average molecular weight is 285 g/mol. The summed E-state index contributed by atoms with van der Waals surface area (Å²) in [7, 11) is 0. The Bertz CT molecular complexity index is 581. The Morgan fingerprint density at radius 2 is 1.62 bits per heavy atom. The molecule has 1 aromatic carbocycles. The van der Waals surface area contributed by atoms with E-state index in [0.717, 1.165) is 31.4 Å². The smallest absolute Gasteiger partial charge is 0.259 e. The van der Waals surface area contributed by atoms with Crippen LogP contribution in [0, 0.1) is 0 Å². The van der Waals surface area contributed by atoms with E-state index in [-0.39, 0.29) is 11.5 Å². The van der Waals surface area contributed by atoms with E-state index in [0.29, 0.717) is 25.2 Å². The highest BCUT2D eigenvalue weighted by Gasteiger charge is 2.62. The molecule has 4 nitrogen and oxygen atoms in total. The van der Waals surface area contributed by atoms with E-state index in [2.05, 4.69) is 0 Å². The minimum atomic E-state index is -0.603. The van der Waals surface area contributed by atoms with Gasteiger partial charge in [-0.3, -0.25) is 9.59 Å². The van der Waals surface area contributed by atoms with Gasteiger partial charge >= 0.3 is 0 Å². The van der Waals surface area contributed by atoms with E-state index in [4.69, 9.17) is 4.74 Å². The minimum absolute atomic E-state index is 0.0937. The zero-order valence-electron chi connectivity index (χ0n) is 12.0. The molecule has 3 aliphatic rings. The Hall–Kier alpha value is -1.68. The van der Waals surface area contributed by atoms with Gasteiger partial charge in [-0.05, 0) is 37.8 Å². The topological polar surface area (TPSA) is 46.6 Å². The Morgan fingerprint density at radius 1 is 0.952 bits per heavy atom. The SMILES string of the molecule is O=C1CCC2(CC1)CN(c1ccccc1)C(=O)C1(CC1)O2. The summed E-state index contributed by atoms with van der Waals surface area (Å²) in [5, 5.41) is 0. The molecule has 2 aliphatic carbocycles. The summed E-state index contributed by atoms with van der Waals surface area (Å²) in [4.78, 5) is 26.2. The quantitative estimate of drug-likeness (QED) is 0.796. The summed E-state index contributed by atoms with van der Waals surface area (Å²) in [5.74, 6) is 0.411. The van der Waals surface area contributed by atoms with E-state index in [1.807, 2.05) is 35.2 Å². The van der Waals surface area contributed by atoms with Crippen LogP contribution in [0.5, 0.6) is 0 Å². The predicted molar refractivity (Wildman–Crippen MR) is 78.1 cm³/mol. The number of hydrogen-bond donors (Lipinski definition) is 0. The zero-order valence-corrected chi connectivity index (χ0v) is 12.0. The summed E-state index contributed by atoms with van der Waals surface area (Å²) in [6, 6.07) is 9.81. The second-order valence-corrected chi connectivity index (χ2v) is 6.54. The van der Waals surface area contributed by atoms with E-state index >= 15 is 0 Å². The molecule has 21 heavy (non-hydrogen) atoms. The van der Waals surface area contributed by atoms with Gasteiger partial charge in [-0.1, -0.05) is 18.2 Å². The van der Waals surface area contributed by atoms with Crippen molar-refractivity contribution in [2.45, 2.75) is 49.7 Å². The molecule has 2 saturated carbocycles. The van der Waals surface area contributed by atoms with Crippen LogP contribution in [0.3, 0.4) is 0 Å². The number of ketones is 1. The summed E-state index contributed by atoms with van der Waals surface area (Å²) in [5.41, 5.74) is 0.0104. The van der Waals surface area contributed by atoms with Crippen molar-refractivity contribution >= 4 is 17.4 Å². The Morgan fingerprint density at radius 3 is 2.24 bits per heavy atom. The van der Waals surface area contributed by atoms with Gasteiger partial charge in [-0.15, -0.1) is 0 Å². The van der Waals surface area contributed by atoms with Crippen molar-refractivity contribution in [2.75, 3.05) is 11.4 Å². The van der Waals surface area contributed by atoms with Crippen molar-refractivity contribution in [3.63, 3.8) is 0 Å². The van der Waals surface area contributed by atoms with Crippen molar-refractivity contribution in [1.29, 1.82) is 0 Å². The molecule has 1 aromatic rings. The molecule has 1 aliphatic heterocycles. The van der Waals surface area contributed by atoms with E-state index in [1.165, 1.54) is 0 Å². The summed E-state index contributed by atoms with van der Waals surface area (Å²) in [6.45, 7) is 0.574. The van der Waals surface area contributed by atoms with Crippen LogP contribution in [0.4, 0.5) is 5.69 Å². The van der Waals surface area contributed by atoms with Crippen molar-refractivity contribution in [2.24, 2.45) is 0 Å². The second-order valence-electron chi connectivity index (χ2n) is 6.54. The molecule has 1 heterocycles. The van der Waals surface area contributed by atoms with Gasteiger partial charge in [-0.2, -0.15) is 0 Å². The molecule has 110 valence electrons. The summed E-state index contributed by atoms with van der Waals surface area (Å²) >= 11 is 0. The molecule has 3 fully saturated rings. The van der Waals surface area contributed by atoms with Gasteiger partial charge in [0.25, 0.3) is 5.91 Å². The number of nitrogens with zero attached hydrogens (tertiary/aromatic N) is 1. The van der Waals surface area contributed by atoms with Crippen molar-refractivity contribution in [1.82, 2.24) is 0 Å². The van der Waals surface area contributed by atoms with Gasteiger partial charge in [0.2, 0.25) is 0 Å². The molecular weight excluding hydrogens is 266 g/mol. The van der Waals surface area contributed by atoms with Crippen LogP contribution in [0.25, 0.3) is 0 Å². The molecular formula is C17H19NO3. The van der Waals surface area contributed by atoms with Gasteiger partial charge in [0.05, 0.1) is 12.1 Å². The van der Waals surface area contributed by atoms with Gasteiger partial charge < -0.3 is 9.64 Å². The Balaban J connectivity index is 1.67. The van der Waals surface area contributed by atoms with E-state index in [1.54, 1.807) is 0 Å². The van der Waals surface area contributed by atoms with Gasteiger partial charge in [0.15, 0.2) is 0 Å². The van der Waals surface area contributed by atoms with Crippen molar-refractivity contribution in [3.8, 4) is 0 Å². The molecule has 0 bridgehead atoms. The Kier molecular flexibility index (Phi) is 2.73. The van der Waals surface area contributed by atoms with Crippen LogP contribution in [-0.2, 0) is 14.3 Å². The maximum absolute atomic E-state index is 12.7. The second kappa shape index (κ2) is 4.41. The van der Waals surface area contributed by atoms with Crippen molar-refractivity contribution < 1.29 is 14.3 Å². The Labute approximate surface area is 124 Å². The van der Waals surface area contributed by atoms with Gasteiger partial charge in [0, 0.05) is 18.5 Å². The lowest BCUT2D eigenvalue weighted by molar-refractivity contribution is -0.170. The van der Waals surface area contributed by atoms with Crippen LogP contribution < -0.4 is 4.90 Å². The number of ether oxygens (including phenoxy) is 1. The van der Waals surface area contributed by atoms with Crippen LogP contribution in [0.15, 0.2) is 30.3 Å². The number of amides is 1. The number of anilines is 1. The lowest BCUT2D eigenvalue weighted by atomic mass is 9.81. The third kappa shape index (κ3) is 2.09. The first kappa shape index (κ1) is 13.0. The molecule has 0 atom stereocenters. The fourth-order valence-electron chi connectivity index (χ4n) is 3.59. The van der Waals surface area contributed by atoms with E-state index < -0.39 is 5.60 Å². The first-order valence-corrected chi connectivity index (χ1v) is 7.72. The van der Waals surface area contributed by atoms with Crippen LogP contribution in [-0.4, -0.2) is 29.4 Å². The van der Waals surface area contributed by atoms with E-state index in [9.17, 15) is 9.59 Å². The fourth-order valence-corrected chi connectivity index (χ4v) is 3.59. The van der Waals surface area contributed by atoms with Crippen LogP contribution >= 0.6 is 0 Å². The third-order valence-electron chi connectivity index (χ3n) is 4.98. The molecule has 4 heteroatoms. The number of hydrogen-bond acceptors (Lipinski definition) is 3. The highest BCUT2D eigenvalue weighted by Crippen LogP contribution is 2.51. The number of rotatable bonds is 1. The average Bonchev–Trinajstić information content (AvgIpc) is 3.28. The maximum atomic E-state index is 12.7. The highest BCUT2D eigenvalue weighted by atomic mass is 16.5. The number of Topliss-reactive ketones (excluding diaryl/α,β-unsaturated/α-hetero) is 1. The molecule has 1 amide bonds. The zero-order chi connectivity index (χ0) is 14.5. The van der Waals surface area contributed by atoms with Gasteiger partial charge in [0.1, 0.15) is 11.4 Å². The van der Waals surface area contributed by atoms with Crippen molar-refractivity contribution in [3.05, 3.63) is 30.3 Å². The molecule has 4 rings (SSSR count). The number of benzene rings is 1. The first-order valence-electron chi connectivity index (χ1n) is 7.72. The van der Waals surface area contributed by atoms with Crippen LogP contribution in [0.2, 0.25) is 0 Å². The lowest BCUT2D eigenvalue weighted by Crippen LogP contribution is -2.61. The van der Waals surface area contributed by atoms with Crippen LogP contribution in [0.1, 0.15) is 38.5 Å². The first-order chi connectivity index (χ1) is 10.1. The molecule has 0 N–H and O–H groups in total. The minimum Gasteiger partial charge on any atom is -0.357 e. The largest absolute Gasteiger partial charge is 0.357 e. The number of carbonyl (C=O) groups excluding carboxylic acids is 2. The third-order valence-corrected chi connectivity index (χ3v) is 4.98. The predicted octanol–water partition coefficient (Wildman–Crippen LogP) is 2.46. The molecule has 1 saturated heterocycles. The highest BCUT2D eigenvalue weighted by molar-refractivity contribution is 6.02.